The average Bonchev–Trinajstić information content (AvgIpc) is 2.37. The van der Waals surface area contributed by atoms with Gasteiger partial charge in [-0.25, -0.2) is 4.39 Å². The molecule has 0 aromatic heterocycles. The van der Waals surface area contributed by atoms with Gasteiger partial charge < -0.3 is 15.5 Å². The maximum atomic E-state index is 13.1. The first kappa shape index (κ1) is 14.3. The van der Waals surface area contributed by atoms with Crippen LogP contribution >= 0.6 is 0 Å². The van der Waals surface area contributed by atoms with E-state index in [1.54, 1.807) is 12.1 Å². The lowest BCUT2D eigenvalue weighted by Crippen LogP contribution is -2.48. The molecule has 1 saturated heterocycles. The Kier molecular flexibility index (Phi) is 4.77. The summed E-state index contributed by atoms with van der Waals surface area (Å²) in [7, 11) is 0. The van der Waals surface area contributed by atoms with Crippen molar-refractivity contribution < 1.29 is 4.39 Å². The van der Waals surface area contributed by atoms with Gasteiger partial charge >= 0.3 is 0 Å². The Bertz CT molecular complexity index is 400. The van der Waals surface area contributed by atoms with Crippen LogP contribution in [0.2, 0.25) is 0 Å². The van der Waals surface area contributed by atoms with Gasteiger partial charge in [-0.3, -0.25) is 0 Å². The van der Waals surface area contributed by atoms with Crippen LogP contribution in [0.15, 0.2) is 24.3 Å². The van der Waals surface area contributed by atoms with Crippen molar-refractivity contribution in [2.75, 3.05) is 44.6 Å². The van der Waals surface area contributed by atoms with Gasteiger partial charge in [-0.1, -0.05) is 19.9 Å². The number of nitrogens with zero attached hydrogens (tertiary/aromatic N) is 1. The molecule has 1 heterocycles. The topological polar surface area (TPSA) is 27.3 Å². The van der Waals surface area contributed by atoms with Gasteiger partial charge in [0.05, 0.1) is 0 Å². The second kappa shape index (κ2) is 6.35. The Labute approximate surface area is 115 Å². The lowest BCUT2D eigenvalue weighted by Gasteiger charge is -2.35. The number of hydrogen-bond acceptors (Lipinski definition) is 3. The molecule has 2 rings (SSSR count). The Morgan fingerprint density at radius 1 is 1.32 bits per heavy atom. The molecule has 1 aliphatic rings. The fourth-order valence-corrected chi connectivity index (χ4v) is 2.47. The summed E-state index contributed by atoms with van der Waals surface area (Å²) in [5, 5.41) is 6.70. The molecule has 0 unspecified atom stereocenters. The van der Waals surface area contributed by atoms with E-state index in [-0.39, 0.29) is 11.2 Å². The highest BCUT2D eigenvalue weighted by Crippen LogP contribution is 2.19. The van der Waals surface area contributed by atoms with Gasteiger partial charge in [0.15, 0.2) is 0 Å². The molecule has 0 saturated carbocycles. The molecule has 0 radical (unpaired) electrons. The van der Waals surface area contributed by atoms with Crippen LogP contribution in [0.5, 0.6) is 0 Å². The summed E-state index contributed by atoms with van der Waals surface area (Å²) in [5.41, 5.74) is 1.03. The maximum Gasteiger partial charge on any atom is 0.125 e. The van der Waals surface area contributed by atoms with Gasteiger partial charge in [0.25, 0.3) is 0 Å². The summed E-state index contributed by atoms with van der Waals surface area (Å²) in [5.74, 6) is -0.190. The molecule has 0 bridgehead atoms. The second-order valence-electron chi connectivity index (χ2n) is 6.05. The minimum Gasteiger partial charge on any atom is -0.384 e. The number of anilines is 1. The zero-order valence-electron chi connectivity index (χ0n) is 11.9. The Balaban J connectivity index is 1.82. The summed E-state index contributed by atoms with van der Waals surface area (Å²) < 4.78 is 13.1. The Morgan fingerprint density at radius 3 is 2.74 bits per heavy atom. The van der Waals surface area contributed by atoms with E-state index >= 15 is 0 Å². The van der Waals surface area contributed by atoms with Crippen molar-refractivity contribution in [1.82, 2.24) is 10.2 Å². The monoisotopic (exact) mass is 265 g/mol. The molecule has 4 heteroatoms. The fourth-order valence-electron chi connectivity index (χ4n) is 2.47. The molecule has 1 fully saturated rings. The normalized spacial score (nSPS) is 17.4. The molecule has 0 atom stereocenters. The molecular formula is C15H24FN3. The number of benzene rings is 1. The highest BCUT2D eigenvalue weighted by Gasteiger charge is 2.22. The van der Waals surface area contributed by atoms with Crippen molar-refractivity contribution in [3.8, 4) is 0 Å². The first-order valence-corrected chi connectivity index (χ1v) is 6.98. The lowest BCUT2D eigenvalue weighted by atomic mass is 9.92. The SMILES string of the molecule is CC(C)(CNc1cccc(F)c1)CN1CCNCC1. The minimum absolute atomic E-state index is 0.170. The number of piperazine rings is 1. The standard InChI is InChI=1S/C15H24FN3/c1-15(2,12-19-8-6-17-7-9-19)11-18-14-5-3-4-13(16)10-14/h3-5,10,17-18H,6-9,11-12H2,1-2H3. The van der Waals surface area contributed by atoms with E-state index in [0.29, 0.717) is 0 Å². The van der Waals surface area contributed by atoms with Crippen molar-refractivity contribution in [3.63, 3.8) is 0 Å². The smallest absolute Gasteiger partial charge is 0.125 e. The van der Waals surface area contributed by atoms with E-state index in [4.69, 9.17) is 0 Å². The van der Waals surface area contributed by atoms with E-state index < -0.39 is 0 Å². The van der Waals surface area contributed by atoms with Gasteiger partial charge in [0.1, 0.15) is 5.82 Å². The molecule has 1 aromatic rings. The molecule has 1 aromatic carbocycles. The van der Waals surface area contributed by atoms with Crippen LogP contribution in [0.3, 0.4) is 0 Å². The van der Waals surface area contributed by atoms with E-state index in [2.05, 4.69) is 29.4 Å². The van der Waals surface area contributed by atoms with Gasteiger partial charge in [-0.15, -0.1) is 0 Å². The summed E-state index contributed by atoms with van der Waals surface area (Å²) in [6.07, 6.45) is 0. The largest absolute Gasteiger partial charge is 0.384 e. The number of halogens is 1. The second-order valence-corrected chi connectivity index (χ2v) is 6.05. The van der Waals surface area contributed by atoms with Crippen LogP contribution in [-0.2, 0) is 0 Å². The Hall–Kier alpha value is -1.13. The molecule has 19 heavy (non-hydrogen) atoms. The molecule has 2 N–H and O–H groups in total. The third-order valence-corrected chi connectivity index (χ3v) is 3.46. The number of rotatable bonds is 5. The van der Waals surface area contributed by atoms with Gasteiger partial charge in [-0.05, 0) is 23.6 Å². The molecule has 0 spiro atoms. The van der Waals surface area contributed by atoms with Crippen LogP contribution in [0.1, 0.15) is 13.8 Å². The first-order valence-electron chi connectivity index (χ1n) is 6.98. The molecule has 106 valence electrons. The van der Waals surface area contributed by atoms with Crippen molar-refractivity contribution in [1.29, 1.82) is 0 Å². The van der Waals surface area contributed by atoms with Crippen LogP contribution in [0.25, 0.3) is 0 Å². The first-order chi connectivity index (χ1) is 9.05. The molecule has 0 aliphatic carbocycles. The average molecular weight is 265 g/mol. The number of nitrogens with one attached hydrogen (secondary N) is 2. The zero-order valence-corrected chi connectivity index (χ0v) is 11.9. The van der Waals surface area contributed by atoms with Crippen molar-refractivity contribution in [3.05, 3.63) is 30.1 Å². The van der Waals surface area contributed by atoms with Crippen LogP contribution in [0.4, 0.5) is 10.1 Å². The molecule has 3 nitrogen and oxygen atoms in total. The number of hydrogen-bond donors (Lipinski definition) is 2. The lowest BCUT2D eigenvalue weighted by molar-refractivity contribution is 0.168. The summed E-state index contributed by atoms with van der Waals surface area (Å²) in [6, 6.07) is 6.66. The van der Waals surface area contributed by atoms with Gasteiger partial charge in [-0.2, -0.15) is 0 Å². The van der Waals surface area contributed by atoms with Gasteiger partial charge in [0.2, 0.25) is 0 Å². The summed E-state index contributed by atoms with van der Waals surface area (Å²) in [6.45, 7) is 10.8. The highest BCUT2D eigenvalue weighted by atomic mass is 19.1. The third-order valence-electron chi connectivity index (χ3n) is 3.46. The van der Waals surface area contributed by atoms with Gasteiger partial charge in [0, 0.05) is 45.0 Å². The zero-order chi connectivity index (χ0) is 13.7. The summed E-state index contributed by atoms with van der Waals surface area (Å²) in [4.78, 5) is 2.49. The van der Waals surface area contributed by atoms with Crippen LogP contribution < -0.4 is 10.6 Å². The van der Waals surface area contributed by atoms with Crippen molar-refractivity contribution in [2.45, 2.75) is 13.8 Å². The van der Waals surface area contributed by atoms with E-state index in [1.165, 1.54) is 6.07 Å². The van der Waals surface area contributed by atoms with Crippen molar-refractivity contribution >= 4 is 5.69 Å². The summed E-state index contributed by atoms with van der Waals surface area (Å²) >= 11 is 0. The van der Waals surface area contributed by atoms with E-state index in [0.717, 1.165) is 45.0 Å². The Morgan fingerprint density at radius 2 is 2.05 bits per heavy atom. The predicted octanol–water partition coefficient (Wildman–Crippen LogP) is 2.17. The van der Waals surface area contributed by atoms with Crippen LogP contribution in [-0.4, -0.2) is 44.2 Å². The molecule has 0 amide bonds. The molecule has 1 aliphatic heterocycles. The fraction of sp³-hybridized carbons (Fsp3) is 0.600. The minimum atomic E-state index is -0.190. The van der Waals surface area contributed by atoms with Crippen molar-refractivity contribution in [2.24, 2.45) is 5.41 Å². The maximum absolute atomic E-state index is 13.1. The molecular weight excluding hydrogens is 241 g/mol. The quantitative estimate of drug-likeness (QED) is 0.854. The van der Waals surface area contributed by atoms with E-state index in [1.807, 2.05) is 6.07 Å². The predicted molar refractivity (Wildman–Crippen MR) is 78.0 cm³/mol. The van der Waals surface area contributed by atoms with E-state index in [9.17, 15) is 4.39 Å². The third kappa shape index (κ3) is 4.80. The van der Waals surface area contributed by atoms with Crippen LogP contribution in [0, 0.1) is 11.2 Å². The highest BCUT2D eigenvalue weighted by molar-refractivity contribution is 5.43.